The van der Waals surface area contributed by atoms with E-state index in [0.29, 0.717) is 32.4 Å². The van der Waals surface area contributed by atoms with Crippen LogP contribution in [-0.2, 0) is 16.0 Å². The molecule has 0 aliphatic carbocycles. The standard InChI is InChI=1S/C23H30N2O3/c1-18-11-13-21(14-12-18)28-17-7-10-22(26)25(19(2)23(27)24-3)16-15-20-8-5-4-6-9-20/h4-6,8-9,11-14,19H,7,10,15-17H2,1-3H3,(H,24,27)/t19-/m0/s1. The highest BCUT2D eigenvalue weighted by Gasteiger charge is 2.24. The van der Waals surface area contributed by atoms with E-state index < -0.39 is 6.04 Å². The lowest BCUT2D eigenvalue weighted by Gasteiger charge is -2.28. The van der Waals surface area contributed by atoms with Crippen molar-refractivity contribution >= 4 is 11.8 Å². The van der Waals surface area contributed by atoms with Crippen LogP contribution in [-0.4, -0.2) is 43.0 Å². The van der Waals surface area contributed by atoms with Gasteiger partial charge in [-0.15, -0.1) is 0 Å². The van der Waals surface area contributed by atoms with Gasteiger partial charge in [0.1, 0.15) is 11.8 Å². The predicted molar refractivity (Wildman–Crippen MR) is 111 cm³/mol. The van der Waals surface area contributed by atoms with Crippen LogP contribution in [0.3, 0.4) is 0 Å². The molecule has 0 aliphatic heterocycles. The van der Waals surface area contributed by atoms with Gasteiger partial charge in [-0.2, -0.15) is 0 Å². The minimum Gasteiger partial charge on any atom is -0.494 e. The molecular formula is C23H30N2O3. The van der Waals surface area contributed by atoms with Gasteiger partial charge in [0.15, 0.2) is 0 Å². The monoisotopic (exact) mass is 382 g/mol. The molecule has 0 saturated carbocycles. The molecule has 0 saturated heterocycles. The third kappa shape index (κ3) is 6.72. The van der Waals surface area contributed by atoms with Gasteiger partial charge in [-0.25, -0.2) is 0 Å². The third-order valence-electron chi connectivity index (χ3n) is 4.72. The Morgan fingerprint density at radius 1 is 1.07 bits per heavy atom. The summed E-state index contributed by atoms with van der Waals surface area (Å²) >= 11 is 0. The summed E-state index contributed by atoms with van der Waals surface area (Å²) < 4.78 is 5.70. The molecule has 1 N–H and O–H groups in total. The van der Waals surface area contributed by atoms with E-state index in [1.165, 1.54) is 5.56 Å². The fraction of sp³-hybridized carbons (Fsp3) is 0.391. The lowest BCUT2D eigenvalue weighted by Crippen LogP contribution is -2.48. The van der Waals surface area contributed by atoms with Crippen LogP contribution in [0.15, 0.2) is 54.6 Å². The van der Waals surface area contributed by atoms with E-state index in [1.54, 1.807) is 18.9 Å². The average Bonchev–Trinajstić information content (AvgIpc) is 2.72. The number of hydrogen-bond donors (Lipinski definition) is 1. The van der Waals surface area contributed by atoms with Crippen LogP contribution in [0, 0.1) is 6.92 Å². The van der Waals surface area contributed by atoms with Crippen LogP contribution < -0.4 is 10.1 Å². The number of nitrogens with zero attached hydrogens (tertiary/aromatic N) is 1. The normalized spacial score (nSPS) is 11.5. The molecule has 2 rings (SSSR count). The lowest BCUT2D eigenvalue weighted by atomic mass is 10.1. The first kappa shape index (κ1) is 21.5. The van der Waals surface area contributed by atoms with Crippen molar-refractivity contribution in [3.05, 3.63) is 65.7 Å². The number of benzene rings is 2. The first-order valence-electron chi connectivity index (χ1n) is 9.75. The molecule has 0 radical (unpaired) electrons. The second-order valence-corrected chi connectivity index (χ2v) is 6.88. The van der Waals surface area contributed by atoms with Gasteiger partial charge >= 0.3 is 0 Å². The zero-order valence-electron chi connectivity index (χ0n) is 17.0. The number of amides is 2. The maximum Gasteiger partial charge on any atom is 0.242 e. The van der Waals surface area contributed by atoms with E-state index in [2.05, 4.69) is 5.32 Å². The largest absolute Gasteiger partial charge is 0.494 e. The third-order valence-corrected chi connectivity index (χ3v) is 4.72. The first-order chi connectivity index (χ1) is 13.5. The molecule has 1 atom stereocenters. The summed E-state index contributed by atoms with van der Waals surface area (Å²) in [5.74, 6) is 0.620. The van der Waals surface area contributed by atoms with Gasteiger partial charge < -0.3 is 15.0 Å². The van der Waals surface area contributed by atoms with Crippen molar-refractivity contribution in [3.8, 4) is 5.75 Å². The first-order valence-corrected chi connectivity index (χ1v) is 9.75. The predicted octanol–water partition coefficient (Wildman–Crippen LogP) is 3.36. The molecule has 150 valence electrons. The molecule has 5 heteroatoms. The van der Waals surface area contributed by atoms with E-state index in [-0.39, 0.29) is 11.8 Å². The summed E-state index contributed by atoms with van der Waals surface area (Å²) in [5.41, 5.74) is 2.33. The van der Waals surface area contributed by atoms with Crippen molar-refractivity contribution in [2.75, 3.05) is 20.2 Å². The van der Waals surface area contributed by atoms with Crippen molar-refractivity contribution in [2.24, 2.45) is 0 Å². The van der Waals surface area contributed by atoms with Gasteiger partial charge in [0, 0.05) is 20.0 Å². The maximum absolute atomic E-state index is 12.8. The van der Waals surface area contributed by atoms with Crippen molar-refractivity contribution in [1.29, 1.82) is 0 Å². The summed E-state index contributed by atoms with van der Waals surface area (Å²) in [4.78, 5) is 26.5. The minimum atomic E-state index is -0.501. The smallest absolute Gasteiger partial charge is 0.242 e. The lowest BCUT2D eigenvalue weighted by molar-refractivity contribution is -0.139. The van der Waals surface area contributed by atoms with E-state index in [9.17, 15) is 9.59 Å². The molecule has 0 fully saturated rings. The van der Waals surface area contributed by atoms with Gasteiger partial charge in [0.2, 0.25) is 11.8 Å². The van der Waals surface area contributed by atoms with Crippen LogP contribution in [0.5, 0.6) is 5.75 Å². The molecule has 5 nitrogen and oxygen atoms in total. The Hall–Kier alpha value is -2.82. The highest BCUT2D eigenvalue weighted by Crippen LogP contribution is 2.13. The second-order valence-electron chi connectivity index (χ2n) is 6.88. The number of carbonyl (C=O) groups is 2. The molecular weight excluding hydrogens is 352 g/mol. The molecule has 2 amide bonds. The van der Waals surface area contributed by atoms with E-state index in [1.807, 2.05) is 61.5 Å². The van der Waals surface area contributed by atoms with Crippen molar-refractivity contribution in [2.45, 2.75) is 39.2 Å². The molecule has 2 aromatic rings. The van der Waals surface area contributed by atoms with Crippen LogP contribution in [0.4, 0.5) is 0 Å². The number of aryl methyl sites for hydroxylation is 1. The fourth-order valence-electron chi connectivity index (χ4n) is 2.97. The molecule has 0 heterocycles. The van der Waals surface area contributed by atoms with Crippen LogP contribution in [0.25, 0.3) is 0 Å². The number of rotatable bonds is 10. The van der Waals surface area contributed by atoms with Crippen LogP contribution >= 0.6 is 0 Å². The van der Waals surface area contributed by atoms with E-state index >= 15 is 0 Å². The van der Waals surface area contributed by atoms with Crippen molar-refractivity contribution < 1.29 is 14.3 Å². The summed E-state index contributed by atoms with van der Waals surface area (Å²) in [6, 6.07) is 17.3. The van der Waals surface area contributed by atoms with Gasteiger partial charge in [0.25, 0.3) is 0 Å². The SMILES string of the molecule is CNC(=O)[C@H](C)N(CCc1ccccc1)C(=O)CCCOc1ccc(C)cc1. The van der Waals surface area contributed by atoms with Gasteiger partial charge in [-0.05, 0) is 44.4 Å². The fourth-order valence-corrected chi connectivity index (χ4v) is 2.97. The highest BCUT2D eigenvalue weighted by molar-refractivity contribution is 5.87. The Balaban J connectivity index is 1.88. The number of nitrogens with one attached hydrogen (secondary N) is 1. The Morgan fingerprint density at radius 3 is 2.39 bits per heavy atom. The Bertz CT molecular complexity index is 744. The van der Waals surface area contributed by atoms with Crippen LogP contribution in [0.2, 0.25) is 0 Å². The summed E-state index contributed by atoms with van der Waals surface area (Å²) in [7, 11) is 1.59. The average molecular weight is 383 g/mol. The second kappa shape index (κ2) is 11.1. The number of likely N-dealkylation sites (N-methyl/N-ethyl adjacent to an activating group) is 1. The molecule has 0 aromatic heterocycles. The summed E-state index contributed by atoms with van der Waals surface area (Å²) in [6.07, 6.45) is 1.67. The highest BCUT2D eigenvalue weighted by atomic mass is 16.5. The Labute approximate surface area is 167 Å². The molecule has 0 spiro atoms. The van der Waals surface area contributed by atoms with Crippen LogP contribution in [0.1, 0.15) is 30.9 Å². The summed E-state index contributed by atoms with van der Waals surface area (Å²) in [6.45, 7) is 4.77. The van der Waals surface area contributed by atoms with Gasteiger partial charge in [-0.1, -0.05) is 48.0 Å². The molecule has 28 heavy (non-hydrogen) atoms. The number of carbonyl (C=O) groups excluding carboxylic acids is 2. The maximum atomic E-state index is 12.8. The number of hydrogen-bond acceptors (Lipinski definition) is 3. The van der Waals surface area contributed by atoms with Gasteiger partial charge in [-0.3, -0.25) is 9.59 Å². The number of ether oxygens (including phenoxy) is 1. The molecule has 2 aromatic carbocycles. The van der Waals surface area contributed by atoms with Crippen molar-refractivity contribution in [3.63, 3.8) is 0 Å². The summed E-state index contributed by atoms with van der Waals surface area (Å²) in [5, 5.41) is 2.63. The van der Waals surface area contributed by atoms with E-state index in [4.69, 9.17) is 4.74 Å². The zero-order valence-corrected chi connectivity index (χ0v) is 17.0. The minimum absolute atomic E-state index is 0.0282. The molecule has 0 bridgehead atoms. The molecule has 0 aliphatic rings. The molecule has 0 unspecified atom stereocenters. The van der Waals surface area contributed by atoms with E-state index in [0.717, 1.165) is 11.3 Å². The van der Waals surface area contributed by atoms with Crippen molar-refractivity contribution in [1.82, 2.24) is 10.2 Å². The Kier molecular flexibility index (Phi) is 8.53. The quantitative estimate of drug-likeness (QED) is 0.641. The zero-order chi connectivity index (χ0) is 20.4. The topological polar surface area (TPSA) is 58.6 Å². The Morgan fingerprint density at radius 2 is 1.75 bits per heavy atom. The van der Waals surface area contributed by atoms with Gasteiger partial charge in [0.05, 0.1) is 6.61 Å².